The second kappa shape index (κ2) is 5.83. The lowest BCUT2D eigenvalue weighted by atomic mass is 9.98. The first kappa shape index (κ1) is 14.2. The minimum absolute atomic E-state index is 0.0244. The second-order valence-electron chi connectivity index (χ2n) is 4.74. The quantitative estimate of drug-likeness (QED) is 0.675. The van der Waals surface area contributed by atoms with Crippen molar-refractivity contribution in [3.05, 3.63) is 70.3 Å². The average molecular weight is 325 g/mol. The van der Waals surface area contributed by atoms with Gasteiger partial charge in [-0.25, -0.2) is 8.78 Å². The van der Waals surface area contributed by atoms with Gasteiger partial charge in [0.25, 0.3) is 0 Å². The minimum Gasteiger partial charge on any atom is -0.204 e. The molecule has 2 aromatic rings. The monoisotopic (exact) mass is 324 g/mol. The van der Waals surface area contributed by atoms with Gasteiger partial charge in [-0.05, 0) is 43.0 Å². The molecule has 100 valence electrons. The Morgan fingerprint density at radius 3 is 2.58 bits per heavy atom. The highest BCUT2D eigenvalue weighted by Gasteiger charge is 2.15. The van der Waals surface area contributed by atoms with Crippen molar-refractivity contribution in [1.82, 2.24) is 0 Å². The smallest absolute Gasteiger partial charge is 0.162 e. The van der Waals surface area contributed by atoms with Gasteiger partial charge in [0.1, 0.15) is 0 Å². The molecule has 1 atom stereocenters. The summed E-state index contributed by atoms with van der Waals surface area (Å²) < 4.78 is 26.8. The van der Waals surface area contributed by atoms with Crippen molar-refractivity contribution < 1.29 is 8.78 Å². The van der Waals surface area contributed by atoms with E-state index in [2.05, 4.69) is 22.0 Å². The van der Waals surface area contributed by atoms with Gasteiger partial charge in [0.2, 0.25) is 0 Å². The van der Waals surface area contributed by atoms with Gasteiger partial charge in [-0.3, -0.25) is 0 Å². The molecule has 0 saturated heterocycles. The number of benzene rings is 2. The van der Waals surface area contributed by atoms with Crippen LogP contribution in [-0.4, -0.2) is 0 Å². The fourth-order valence-corrected chi connectivity index (χ4v) is 2.95. The van der Waals surface area contributed by atoms with Gasteiger partial charge in [0.05, 0.1) is 0 Å². The Morgan fingerprint density at radius 2 is 1.84 bits per heavy atom. The summed E-state index contributed by atoms with van der Waals surface area (Å²) in [4.78, 5) is -0.0244. The van der Waals surface area contributed by atoms with E-state index < -0.39 is 11.6 Å². The topological polar surface area (TPSA) is 0 Å². The van der Waals surface area contributed by atoms with E-state index in [0.717, 1.165) is 22.8 Å². The lowest BCUT2D eigenvalue weighted by Gasteiger charge is -2.14. The molecule has 0 aromatic heterocycles. The highest BCUT2D eigenvalue weighted by Crippen LogP contribution is 2.31. The molecule has 0 N–H and O–H groups in total. The van der Waals surface area contributed by atoms with E-state index in [1.54, 1.807) is 6.07 Å². The van der Waals surface area contributed by atoms with Crippen LogP contribution in [0, 0.1) is 25.5 Å². The molecule has 0 radical (unpaired) electrons. The van der Waals surface area contributed by atoms with Crippen LogP contribution in [0.25, 0.3) is 0 Å². The zero-order chi connectivity index (χ0) is 14.0. The molecule has 0 aliphatic rings. The molecule has 0 heterocycles. The lowest BCUT2D eigenvalue weighted by Crippen LogP contribution is -2.02. The van der Waals surface area contributed by atoms with Crippen molar-refractivity contribution in [3.63, 3.8) is 0 Å². The molecule has 19 heavy (non-hydrogen) atoms. The van der Waals surface area contributed by atoms with Gasteiger partial charge in [-0.2, -0.15) is 0 Å². The van der Waals surface area contributed by atoms with Crippen LogP contribution in [0.2, 0.25) is 0 Å². The van der Waals surface area contributed by atoms with Crippen molar-refractivity contribution in [3.8, 4) is 0 Å². The van der Waals surface area contributed by atoms with Crippen molar-refractivity contribution in [2.45, 2.75) is 25.1 Å². The first-order valence-corrected chi connectivity index (χ1v) is 7.04. The highest BCUT2D eigenvalue weighted by atomic mass is 79.9. The summed E-state index contributed by atoms with van der Waals surface area (Å²) >= 11 is 3.58. The highest BCUT2D eigenvalue weighted by molar-refractivity contribution is 9.09. The number of hydrogen-bond acceptors (Lipinski definition) is 0. The molecular formula is C16H15BrF2. The SMILES string of the molecule is Cc1ccc(C)c(C(Br)Cc2cccc(F)c2F)c1. The van der Waals surface area contributed by atoms with E-state index in [4.69, 9.17) is 0 Å². The molecule has 0 spiro atoms. The van der Waals surface area contributed by atoms with Gasteiger partial charge >= 0.3 is 0 Å². The predicted molar refractivity (Wildman–Crippen MR) is 77.6 cm³/mol. The molecular weight excluding hydrogens is 310 g/mol. The summed E-state index contributed by atoms with van der Waals surface area (Å²) in [6, 6.07) is 10.5. The van der Waals surface area contributed by atoms with Crippen LogP contribution in [0.3, 0.4) is 0 Å². The fourth-order valence-electron chi connectivity index (χ4n) is 2.11. The maximum atomic E-state index is 13.7. The molecule has 0 amide bonds. The van der Waals surface area contributed by atoms with Crippen LogP contribution in [0.15, 0.2) is 36.4 Å². The number of alkyl halides is 1. The number of halogens is 3. The van der Waals surface area contributed by atoms with Gasteiger partial charge in [0.15, 0.2) is 11.6 Å². The largest absolute Gasteiger partial charge is 0.204 e. The maximum Gasteiger partial charge on any atom is 0.162 e. The van der Waals surface area contributed by atoms with Gasteiger partial charge in [-0.15, -0.1) is 0 Å². The summed E-state index contributed by atoms with van der Waals surface area (Å²) in [5.41, 5.74) is 3.81. The molecule has 0 saturated carbocycles. The molecule has 0 fully saturated rings. The Kier molecular flexibility index (Phi) is 4.35. The van der Waals surface area contributed by atoms with Gasteiger partial charge < -0.3 is 0 Å². The number of hydrogen-bond donors (Lipinski definition) is 0. The number of rotatable bonds is 3. The summed E-state index contributed by atoms with van der Waals surface area (Å²) in [5.74, 6) is -1.55. The Hall–Kier alpha value is -1.22. The zero-order valence-corrected chi connectivity index (χ0v) is 12.5. The summed E-state index contributed by atoms with van der Waals surface area (Å²) in [7, 11) is 0. The van der Waals surface area contributed by atoms with Crippen LogP contribution in [0.1, 0.15) is 27.1 Å². The van der Waals surface area contributed by atoms with Crippen molar-refractivity contribution in [2.75, 3.05) is 0 Å². The maximum absolute atomic E-state index is 13.7. The molecule has 3 heteroatoms. The Bertz CT molecular complexity index is 593. The molecule has 1 unspecified atom stereocenters. The van der Waals surface area contributed by atoms with Gasteiger partial charge in [0, 0.05) is 4.83 Å². The predicted octanol–water partition coefficient (Wildman–Crippen LogP) is 5.26. The third-order valence-electron chi connectivity index (χ3n) is 3.20. The van der Waals surface area contributed by atoms with Crippen molar-refractivity contribution >= 4 is 15.9 Å². The minimum atomic E-state index is -0.793. The van der Waals surface area contributed by atoms with Crippen LogP contribution >= 0.6 is 15.9 Å². The molecule has 2 aromatic carbocycles. The molecule has 0 bridgehead atoms. The first-order chi connectivity index (χ1) is 8.99. The van der Waals surface area contributed by atoms with Crippen LogP contribution in [0.5, 0.6) is 0 Å². The van der Waals surface area contributed by atoms with E-state index in [1.165, 1.54) is 6.07 Å². The van der Waals surface area contributed by atoms with Crippen LogP contribution in [0.4, 0.5) is 8.78 Å². The normalized spacial score (nSPS) is 12.5. The summed E-state index contributed by atoms with van der Waals surface area (Å²) in [5, 5.41) is 0. The van der Waals surface area contributed by atoms with E-state index in [9.17, 15) is 8.78 Å². The molecule has 0 aliphatic heterocycles. The Balaban J connectivity index is 2.28. The number of aryl methyl sites for hydroxylation is 2. The van der Waals surface area contributed by atoms with Crippen molar-refractivity contribution in [1.29, 1.82) is 0 Å². The lowest BCUT2D eigenvalue weighted by molar-refractivity contribution is 0.498. The van der Waals surface area contributed by atoms with E-state index in [1.807, 2.05) is 26.0 Å². The Morgan fingerprint density at radius 1 is 1.11 bits per heavy atom. The standard InChI is InChI=1S/C16H15BrF2/c1-10-6-7-11(2)13(8-10)14(17)9-12-4-3-5-15(18)16(12)19/h3-8,14H,9H2,1-2H3. The first-order valence-electron chi connectivity index (χ1n) is 6.13. The van der Waals surface area contributed by atoms with Crippen LogP contribution < -0.4 is 0 Å². The Labute approximate surface area is 120 Å². The molecule has 2 rings (SSSR count). The average Bonchev–Trinajstić information content (AvgIpc) is 2.38. The molecule has 0 aliphatic carbocycles. The fraction of sp³-hybridized carbons (Fsp3) is 0.250. The third kappa shape index (κ3) is 3.21. The summed E-state index contributed by atoms with van der Waals surface area (Å²) in [6.45, 7) is 4.04. The van der Waals surface area contributed by atoms with Crippen molar-refractivity contribution in [2.24, 2.45) is 0 Å². The van der Waals surface area contributed by atoms with E-state index in [0.29, 0.717) is 12.0 Å². The zero-order valence-electron chi connectivity index (χ0n) is 10.9. The third-order valence-corrected chi connectivity index (χ3v) is 4.02. The van der Waals surface area contributed by atoms with E-state index >= 15 is 0 Å². The second-order valence-corrected chi connectivity index (χ2v) is 5.85. The summed E-state index contributed by atoms with van der Waals surface area (Å²) in [6.07, 6.45) is 0.424. The van der Waals surface area contributed by atoms with E-state index in [-0.39, 0.29) is 4.83 Å². The van der Waals surface area contributed by atoms with Crippen LogP contribution in [-0.2, 0) is 6.42 Å². The molecule has 0 nitrogen and oxygen atoms in total. The van der Waals surface area contributed by atoms with Gasteiger partial charge in [-0.1, -0.05) is 51.8 Å².